The van der Waals surface area contributed by atoms with E-state index < -0.39 is 40.1 Å². The molecule has 13 nitrogen and oxygen atoms in total. The Hall–Kier alpha value is -4.05. The van der Waals surface area contributed by atoms with Crippen molar-refractivity contribution in [1.29, 1.82) is 0 Å². The largest absolute Gasteiger partial charge is 0.497 e. The number of benzene rings is 2. The molecule has 278 valence electrons. The minimum absolute atomic E-state index is 0.0495. The molecule has 0 aliphatic carbocycles. The zero-order valence-corrected chi connectivity index (χ0v) is 31.7. The first-order chi connectivity index (χ1) is 24.2. The highest BCUT2D eigenvalue weighted by Crippen LogP contribution is 2.24. The summed E-state index contributed by atoms with van der Waals surface area (Å²) >= 11 is 1.34. The molecule has 1 unspecified atom stereocenters. The number of ether oxygens (including phenoxy) is 2. The van der Waals surface area contributed by atoms with Gasteiger partial charge in [-0.15, -0.1) is 11.3 Å². The van der Waals surface area contributed by atoms with Gasteiger partial charge in [-0.2, -0.15) is 4.31 Å². The molecular weight excluding hydrogens is 695 g/mol. The molecule has 1 aromatic heterocycles. The second kappa shape index (κ2) is 17.9. The fourth-order valence-electron chi connectivity index (χ4n) is 5.99. The number of carbonyl (C=O) groups excluding carboxylic acids is 3. The summed E-state index contributed by atoms with van der Waals surface area (Å²) in [5, 5.41) is 17.2. The number of hydrogen-bond acceptors (Lipinski definition) is 10. The molecule has 3 aromatic rings. The van der Waals surface area contributed by atoms with Gasteiger partial charge in [-0.05, 0) is 48.1 Å². The summed E-state index contributed by atoms with van der Waals surface area (Å²) in [6.45, 7) is 9.72. The van der Waals surface area contributed by atoms with E-state index in [2.05, 4.69) is 10.3 Å². The fourth-order valence-corrected chi connectivity index (χ4v) is 8.30. The number of esters is 1. The lowest BCUT2D eigenvalue weighted by atomic mass is 9.97. The van der Waals surface area contributed by atoms with Crippen LogP contribution in [0.5, 0.6) is 5.75 Å². The average molecular weight is 744 g/mol. The van der Waals surface area contributed by atoms with Gasteiger partial charge >= 0.3 is 12.0 Å². The Morgan fingerprint density at radius 3 is 2.33 bits per heavy atom. The van der Waals surface area contributed by atoms with Crippen LogP contribution in [0.2, 0.25) is 0 Å². The molecule has 0 spiro atoms. The van der Waals surface area contributed by atoms with Crippen molar-refractivity contribution in [3.63, 3.8) is 0 Å². The molecule has 2 N–H and O–H groups in total. The molecule has 0 radical (unpaired) electrons. The quantitative estimate of drug-likeness (QED) is 0.184. The lowest BCUT2D eigenvalue weighted by Crippen LogP contribution is -2.57. The number of aromatic nitrogens is 1. The highest BCUT2D eigenvalue weighted by Gasteiger charge is 2.40. The monoisotopic (exact) mass is 743 g/mol. The van der Waals surface area contributed by atoms with E-state index in [4.69, 9.17) is 9.47 Å². The number of hydrogen-bond donors (Lipinski definition) is 2. The number of aliphatic hydroxyl groups excluding tert-OH is 1. The van der Waals surface area contributed by atoms with E-state index in [1.807, 2.05) is 63.4 Å². The van der Waals surface area contributed by atoms with E-state index in [9.17, 15) is 27.9 Å². The van der Waals surface area contributed by atoms with Gasteiger partial charge in [-0.25, -0.2) is 18.2 Å². The normalized spacial score (nSPS) is 15.4. The van der Waals surface area contributed by atoms with Gasteiger partial charge in [0.2, 0.25) is 15.9 Å². The van der Waals surface area contributed by atoms with Crippen molar-refractivity contribution in [3.8, 4) is 5.75 Å². The van der Waals surface area contributed by atoms with E-state index in [0.29, 0.717) is 29.5 Å². The topological polar surface area (TPSA) is 159 Å². The summed E-state index contributed by atoms with van der Waals surface area (Å²) in [7, 11) is -2.52. The number of carbonyl (C=O) groups is 3. The maximum absolute atomic E-state index is 14.1. The van der Waals surface area contributed by atoms with Crippen LogP contribution in [-0.2, 0) is 43.9 Å². The molecule has 15 heteroatoms. The maximum atomic E-state index is 14.1. The molecule has 4 rings (SSSR count). The van der Waals surface area contributed by atoms with Gasteiger partial charge in [-0.3, -0.25) is 9.59 Å². The molecule has 1 aliphatic heterocycles. The molecule has 2 aromatic carbocycles. The summed E-state index contributed by atoms with van der Waals surface area (Å²) in [5.74, 6) is -0.647. The van der Waals surface area contributed by atoms with Crippen molar-refractivity contribution in [2.24, 2.45) is 11.8 Å². The summed E-state index contributed by atoms with van der Waals surface area (Å²) in [6.07, 6.45) is -1.05. The lowest BCUT2D eigenvalue weighted by Gasteiger charge is -2.34. The summed E-state index contributed by atoms with van der Waals surface area (Å²) in [4.78, 5) is 46.7. The van der Waals surface area contributed by atoms with Crippen molar-refractivity contribution in [2.75, 3.05) is 33.3 Å². The minimum Gasteiger partial charge on any atom is -0.497 e. The Balaban J connectivity index is 1.53. The van der Waals surface area contributed by atoms with E-state index in [1.165, 1.54) is 46.7 Å². The van der Waals surface area contributed by atoms with E-state index in [-0.39, 0.29) is 55.4 Å². The Morgan fingerprint density at radius 1 is 1.04 bits per heavy atom. The number of aliphatic hydroxyl groups is 1. The number of sulfonamides is 1. The van der Waals surface area contributed by atoms with Crippen molar-refractivity contribution in [3.05, 3.63) is 76.2 Å². The predicted molar refractivity (Wildman–Crippen MR) is 193 cm³/mol. The van der Waals surface area contributed by atoms with Crippen LogP contribution < -0.4 is 10.1 Å². The first-order valence-corrected chi connectivity index (χ1v) is 19.3. The number of urea groups is 1. The lowest BCUT2D eigenvalue weighted by molar-refractivity contribution is -0.142. The maximum Gasteiger partial charge on any atom is 0.321 e. The fraction of sp³-hybridized carbons (Fsp3) is 0.500. The third kappa shape index (κ3) is 10.7. The van der Waals surface area contributed by atoms with Gasteiger partial charge < -0.3 is 29.7 Å². The number of rotatable bonds is 18. The third-order valence-corrected chi connectivity index (χ3v) is 11.2. The molecule has 0 bridgehead atoms. The zero-order chi connectivity index (χ0) is 37.3. The number of nitrogens with one attached hydrogen (secondary N) is 1. The molecule has 3 atom stereocenters. The minimum atomic E-state index is -4.02. The zero-order valence-electron chi connectivity index (χ0n) is 30.0. The number of amides is 3. The molecule has 1 aliphatic rings. The average Bonchev–Trinajstić information content (AvgIpc) is 3.69. The van der Waals surface area contributed by atoms with Crippen LogP contribution in [0.1, 0.15) is 50.9 Å². The van der Waals surface area contributed by atoms with E-state index in [0.717, 1.165) is 5.56 Å². The second-order valence-corrected chi connectivity index (χ2v) is 16.2. The highest BCUT2D eigenvalue weighted by atomic mass is 32.2. The van der Waals surface area contributed by atoms with Gasteiger partial charge in [0, 0.05) is 38.5 Å². The van der Waals surface area contributed by atoms with Gasteiger partial charge in [0.05, 0.1) is 36.4 Å². The Bertz CT molecular complexity index is 1720. The second-order valence-electron chi connectivity index (χ2n) is 13.4. The Morgan fingerprint density at radius 2 is 1.73 bits per heavy atom. The van der Waals surface area contributed by atoms with Crippen LogP contribution in [0, 0.1) is 11.8 Å². The van der Waals surface area contributed by atoms with Gasteiger partial charge in [0.15, 0.2) is 0 Å². The van der Waals surface area contributed by atoms with Crippen LogP contribution in [0.4, 0.5) is 4.79 Å². The highest BCUT2D eigenvalue weighted by molar-refractivity contribution is 7.89. The van der Waals surface area contributed by atoms with Gasteiger partial charge in [-0.1, -0.05) is 58.0 Å². The summed E-state index contributed by atoms with van der Waals surface area (Å²) in [6, 6.07) is 13.4. The van der Waals surface area contributed by atoms with Crippen molar-refractivity contribution in [1.82, 2.24) is 24.4 Å². The molecule has 3 amide bonds. The van der Waals surface area contributed by atoms with Gasteiger partial charge in [0.25, 0.3) is 0 Å². The molecule has 2 heterocycles. The number of thiazole rings is 1. The molecule has 0 saturated carbocycles. The number of nitrogens with zero attached hydrogens (tertiary/aromatic N) is 4. The van der Waals surface area contributed by atoms with Crippen LogP contribution in [0.15, 0.2) is 64.9 Å². The van der Waals surface area contributed by atoms with Crippen LogP contribution in [0.3, 0.4) is 0 Å². The smallest absolute Gasteiger partial charge is 0.321 e. The summed E-state index contributed by atoms with van der Waals surface area (Å²) < 4.78 is 39.2. The van der Waals surface area contributed by atoms with Crippen molar-refractivity contribution in [2.45, 2.75) is 77.3 Å². The molecule has 1 saturated heterocycles. The van der Waals surface area contributed by atoms with Crippen LogP contribution >= 0.6 is 11.3 Å². The predicted octanol–water partition coefficient (Wildman–Crippen LogP) is 3.91. The molecule has 51 heavy (non-hydrogen) atoms. The summed E-state index contributed by atoms with van der Waals surface area (Å²) in [5.41, 5.74) is 1.50. The molecule has 1 fully saturated rings. The van der Waals surface area contributed by atoms with Crippen molar-refractivity contribution >= 4 is 39.3 Å². The SMILES string of the molecule is COc1ccc(S(=O)(=O)N(CC(C)C)C[C@H](O)[C@H](Cc2ccccc2)NC(=O)C(C(C)C)N2CCN(Cc3csc(COC(C)=O)n3)C2=O)cc1. The van der Waals surface area contributed by atoms with E-state index >= 15 is 0 Å². The molecular formula is C36H49N5O8S2. The van der Waals surface area contributed by atoms with Crippen molar-refractivity contribution < 1.29 is 37.4 Å². The third-order valence-electron chi connectivity index (χ3n) is 8.46. The Labute approximate surface area is 304 Å². The van der Waals surface area contributed by atoms with Gasteiger partial charge in [0.1, 0.15) is 23.4 Å². The first-order valence-electron chi connectivity index (χ1n) is 17.0. The first kappa shape index (κ1) is 39.7. The Kier molecular flexibility index (Phi) is 14.0. The van der Waals surface area contributed by atoms with E-state index in [1.54, 1.807) is 17.0 Å². The standard InChI is InChI=1S/C36H49N5O8S2/c1-24(2)19-40(51(46,47)30-14-12-29(48-6)13-15-30)21-32(43)31(18-27-10-8-7-9-11-27)38-35(44)34(25(3)4)41-17-16-39(36(41)45)20-28-23-50-33(37-28)22-49-26(5)42/h7-15,23-25,31-32,34,43H,16-22H2,1-6H3,(H,38,44)/t31-,32-,34?/m0/s1. The number of methoxy groups -OCH3 is 1. The van der Waals surface area contributed by atoms with Crippen LogP contribution in [-0.4, -0.2) is 102 Å². The van der Waals surface area contributed by atoms with Crippen LogP contribution in [0.25, 0.3) is 0 Å².